The Morgan fingerprint density at radius 3 is 2.80 bits per heavy atom. The maximum absolute atomic E-state index is 11.8. The van der Waals surface area contributed by atoms with Crippen molar-refractivity contribution in [2.75, 3.05) is 6.54 Å². The summed E-state index contributed by atoms with van der Waals surface area (Å²) in [7, 11) is 0. The first kappa shape index (κ1) is 15.8. The fourth-order valence-corrected chi connectivity index (χ4v) is 3.72. The van der Waals surface area contributed by atoms with Crippen molar-refractivity contribution in [1.82, 2.24) is 9.88 Å². The number of carbonyl (C=O) groups is 1. The van der Waals surface area contributed by atoms with E-state index in [9.17, 15) is 4.79 Å². The number of benzene rings is 2. The number of carbonyl (C=O) groups excluding carboxylic acids is 1. The molecule has 2 heterocycles. The minimum absolute atomic E-state index is 0.0855. The predicted molar refractivity (Wildman–Crippen MR) is 98.6 cm³/mol. The molecule has 4 rings (SSSR count). The Hall–Kier alpha value is -2.75. The van der Waals surface area contributed by atoms with E-state index >= 15 is 0 Å². The molecule has 1 aliphatic heterocycles. The molecule has 1 N–H and O–H groups in total. The number of H-pyrrole nitrogens is 1. The summed E-state index contributed by atoms with van der Waals surface area (Å²) in [6.07, 6.45) is 0.876. The molecule has 4 nitrogen and oxygen atoms in total. The lowest BCUT2D eigenvalue weighted by Gasteiger charge is -2.32. The molecule has 1 amide bonds. The number of aromatic nitrogens is 1. The van der Waals surface area contributed by atoms with Gasteiger partial charge in [-0.1, -0.05) is 30.3 Å². The summed E-state index contributed by atoms with van der Waals surface area (Å²) in [6.45, 7) is 5.06. The van der Waals surface area contributed by atoms with E-state index in [2.05, 4.69) is 36.2 Å². The lowest BCUT2D eigenvalue weighted by atomic mass is 9.98. The van der Waals surface area contributed by atoms with E-state index in [0.717, 1.165) is 35.5 Å². The monoisotopic (exact) mass is 334 g/mol. The molecule has 0 radical (unpaired) electrons. The zero-order valence-electron chi connectivity index (χ0n) is 14.6. The van der Waals surface area contributed by atoms with Gasteiger partial charge in [0.15, 0.2) is 0 Å². The van der Waals surface area contributed by atoms with Crippen molar-refractivity contribution in [1.29, 1.82) is 0 Å². The van der Waals surface area contributed by atoms with E-state index in [0.29, 0.717) is 6.61 Å². The van der Waals surface area contributed by atoms with Crippen LogP contribution in [0.15, 0.2) is 48.5 Å². The van der Waals surface area contributed by atoms with Gasteiger partial charge in [0.05, 0.1) is 6.04 Å². The third-order valence-corrected chi connectivity index (χ3v) is 5.05. The number of aromatic amines is 1. The van der Waals surface area contributed by atoms with Crippen LogP contribution in [0.1, 0.15) is 36.7 Å². The molecule has 2 aromatic carbocycles. The Bertz CT molecular complexity index is 914. The Labute approximate surface area is 147 Å². The Morgan fingerprint density at radius 2 is 2.04 bits per heavy atom. The predicted octanol–water partition coefficient (Wildman–Crippen LogP) is 4.21. The molecule has 0 saturated carbocycles. The van der Waals surface area contributed by atoms with E-state index in [1.807, 2.05) is 29.2 Å². The smallest absolute Gasteiger partial charge is 0.220 e. The second kappa shape index (κ2) is 6.28. The molecular formula is C21H22N2O2. The molecule has 1 atom stereocenters. The first-order valence-electron chi connectivity index (χ1n) is 8.72. The molecule has 25 heavy (non-hydrogen) atoms. The van der Waals surface area contributed by atoms with Gasteiger partial charge in [-0.3, -0.25) is 4.79 Å². The van der Waals surface area contributed by atoms with Crippen molar-refractivity contribution in [3.05, 3.63) is 65.4 Å². The number of hydrogen-bond acceptors (Lipinski definition) is 2. The Balaban J connectivity index is 1.62. The van der Waals surface area contributed by atoms with Crippen LogP contribution in [0.4, 0.5) is 0 Å². The number of nitrogens with zero attached hydrogens (tertiary/aromatic N) is 1. The van der Waals surface area contributed by atoms with E-state index < -0.39 is 0 Å². The minimum atomic E-state index is 0.0855. The summed E-state index contributed by atoms with van der Waals surface area (Å²) in [6, 6.07) is 16.4. The molecule has 0 aliphatic carbocycles. The van der Waals surface area contributed by atoms with Crippen LogP contribution in [0.5, 0.6) is 5.75 Å². The summed E-state index contributed by atoms with van der Waals surface area (Å²) < 4.78 is 5.97. The van der Waals surface area contributed by atoms with Crippen LogP contribution in [-0.2, 0) is 17.8 Å². The highest BCUT2D eigenvalue weighted by Gasteiger charge is 2.28. The van der Waals surface area contributed by atoms with Crippen LogP contribution in [0, 0.1) is 0 Å². The van der Waals surface area contributed by atoms with Gasteiger partial charge in [0.1, 0.15) is 12.4 Å². The number of nitrogens with one attached hydrogen (secondary N) is 1. The number of amides is 1. The van der Waals surface area contributed by atoms with Crippen LogP contribution in [-0.4, -0.2) is 22.3 Å². The normalized spacial score (nSPS) is 16.7. The SMILES string of the molecule is CC(=O)N1CCc2c([nH]c3ccc(OCc4ccccc4)cc23)C1C. The maximum Gasteiger partial charge on any atom is 0.220 e. The largest absolute Gasteiger partial charge is 0.489 e. The molecule has 1 aliphatic rings. The standard InChI is InChI=1S/C21H22N2O2/c1-14-21-18(10-11-23(14)15(2)24)19-12-17(8-9-20(19)22-21)25-13-16-6-4-3-5-7-16/h3-9,12,14,22H,10-11,13H2,1-2H3. The summed E-state index contributed by atoms with van der Waals surface area (Å²) >= 11 is 0. The third kappa shape index (κ3) is 2.88. The van der Waals surface area contributed by atoms with Crippen LogP contribution < -0.4 is 4.74 Å². The van der Waals surface area contributed by atoms with Gasteiger partial charge in [0.2, 0.25) is 5.91 Å². The summed E-state index contributed by atoms with van der Waals surface area (Å²) in [4.78, 5) is 17.2. The van der Waals surface area contributed by atoms with E-state index in [1.54, 1.807) is 6.92 Å². The van der Waals surface area contributed by atoms with Crippen LogP contribution in [0.3, 0.4) is 0 Å². The van der Waals surface area contributed by atoms with E-state index in [-0.39, 0.29) is 11.9 Å². The number of hydrogen-bond donors (Lipinski definition) is 1. The Morgan fingerprint density at radius 1 is 1.24 bits per heavy atom. The van der Waals surface area contributed by atoms with Crippen molar-refractivity contribution < 1.29 is 9.53 Å². The average molecular weight is 334 g/mol. The average Bonchev–Trinajstić information content (AvgIpc) is 3.00. The molecule has 0 spiro atoms. The first-order chi connectivity index (χ1) is 12.1. The summed E-state index contributed by atoms with van der Waals surface area (Å²) in [5.74, 6) is 1.00. The van der Waals surface area contributed by atoms with Crippen molar-refractivity contribution in [2.45, 2.75) is 32.9 Å². The molecule has 1 unspecified atom stereocenters. The number of ether oxygens (including phenoxy) is 1. The quantitative estimate of drug-likeness (QED) is 0.780. The zero-order valence-corrected chi connectivity index (χ0v) is 14.6. The third-order valence-electron chi connectivity index (χ3n) is 5.05. The van der Waals surface area contributed by atoms with Gasteiger partial charge in [-0.2, -0.15) is 0 Å². The number of rotatable bonds is 3. The van der Waals surface area contributed by atoms with Crippen molar-refractivity contribution in [3.63, 3.8) is 0 Å². The lowest BCUT2D eigenvalue weighted by molar-refractivity contribution is -0.131. The second-order valence-electron chi connectivity index (χ2n) is 6.64. The van der Waals surface area contributed by atoms with Crippen LogP contribution in [0.2, 0.25) is 0 Å². The molecule has 128 valence electrons. The van der Waals surface area contributed by atoms with Crippen molar-refractivity contribution >= 4 is 16.8 Å². The van der Waals surface area contributed by atoms with Gasteiger partial charge in [-0.15, -0.1) is 0 Å². The molecule has 1 aromatic heterocycles. The molecule has 3 aromatic rings. The molecular weight excluding hydrogens is 312 g/mol. The van der Waals surface area contributed by atoms with Gasteiger partial charge in [0.25, 0.3) is 0 Å². The maximum atomic E-state index is 11.8. The van der Waals surface area contributed by atoms with Gasteiger partial charge in [-0.25, -0.2) is 0 Å². The van der Waals surface area contributed by atoms with Crippen LogP contribution >= 0.6 is 0 Å². The molecule has 0 fully saturated rings. The first-order valence-corrected chi connectivity index (χ1v) is 8.72. The number of fused-ring (bicyclic) bond motifs is 3. The molecule has 4 heteroatoms. The highest BCUT2D eigenvalue weighted by atomic mass is 16.5. The van der Waals surface area contributed by atoms with Gasteiger partial charge in [-0.05, 0) is 42.7 Å². The van der Waals surface area contributed by atoms with Crippen molar-refractivity contribution in [3.8, 4) is 5.75 Å². The minimum Gasteiger partial charge on any atom is -0.489 e. The summed E-state index contributed by atoms with van der Waals surface area (Å²) in [5, 5.41) is 1.20. The lowest BCUT2D eigenvalue weighted by Crippen LogP contribution is -2.37. The van der Waals surface area contributed by atoms with E-state index in [4.69, 9.17) is 4.74 Å². The van der Waals surface area contributed by atoms with Gasteiger partial charge >= 0.3 is 0 Å². The Kier molecular flexibility index (Phi) is 3.96. The molecule has 0 bridgehead atoms. The van der Waals surface area contributed by atoms with Crippen LogP contribution in [0.25, 0.3) is 10.9 Å². The second-order valence-corrected chi connectivity index (χ2v) is 6.64. The zero-order chi connectivity index (χ0) is 17.4. The van der Waals surface area contributed by atoms with E-state index in [1.165, 1.54) is 10.9 Å². The topological polar surface area (TPSA) is 45.3 Å². The highest BCUT2D eigenvalue weighted by molar-refractivity contribution is 5.87. The van der Waals surface area contributed by atoms with Crippen molar-refractivity contribution in [2.24, 2.45) is 0 Å². The van der Waals surface area contributed by atoms with Gasteiger partial charge < -0.3 is 14.6 Å². The molecule has 0 saturated heterocycles. The fourth-order valence-electron chi connectivity index (χ4n) is 3.72. The summed E-state index contributed by atoms with van der Waals surface area (Å²) in [5.41, 5.74) is 4.72. The fraction of sp³-hybridized carbons (Fsp3) is 0.286. The highest BCUT2D eigenvalue weighted by Crippen LogP contribution is 2.35. The van der Waals surface area contributed by atoms with Gasteiger partial charge in [0, 0.05) is 30.1 Å².